The summed E-state index contributed by atoms with van der Waals surface area (Å²) < 4.78 is 0. The van der Waals surface area contributed by atoms with Gasteiger partial charge in [0.2, 0.25) is 0 Å². The fraction of sp³-hybridized carbons (Fsp3) is 0.857. The molecule has 0 aromatic carbocycles. The zero-order valence-electron chi connectivity index (χ0n) is 6.95. The monoisotopic (exact) mass is 161 g/mol. The quantitative estimate of drug-likeness (QED) is 0.639. The molecule has 11 heavy (non-hydrogen) atoms. The van der Waals surface area contributed by atoms with Crippen LogP contribution in [0.2, 0.25) is 0 Å². The van der Waals surface area contributed by atoms with Crippen LogP contribution in [0.4, 0.5) is 4.79 Å². The van der Waals surface area contributed by atoms with Crippen molar-refractivity contribution in [2.45, 2.75) is 25.9 Å². The standard InChI is InChI=1S/C7H15NO3/c1-3-6(9)4-5-8(2)7(10)11/h6,9H,3-5H2,1-2H3,(H,10,11). The van der Waals surface area contributed by atoms with Crippen LogP contribution in [0.25, 0.3) is 0 Å². The largest absolute Gasteiger partial charge is 0.465 e. The number of amides is 1. The van der Waals surface area contributed by atoms with Crippen LogP contribution in [0, 0.1) is 0 Å². The van der Waals surface area contributed by atoms with Crippen LogP contribution < -0.4 is 0 Å². The smallest absolute Gasteiger partial charge is 0.407 e. The van der Waals surface area contributed by atoms with Gasteiger partial charge in [-0.05, 0) is 12.8 Å². The molecule has 0 heterocycles. The summed E-state index contributed by atoms with van der Waals surface area (Å²) in [6, 6.07) is 0. The van der Waals surface area contributed by atoms with Gasteiger partial charge in [-0.2, -0.15) is 0 Å². The molecule has 0 aliphatic rings. The van der Waals surface area contributed by atoms with E-state index in [1.54, 1.807) is 0 Å². The highest BCUT2D eigenvalue weighted by atomic mass is 16.4. The summed E-state index contributed by atoms with van der Waals surface area (Å²) in [5, 5.41) is 17.5. The van der Waals surface area contributed by atoms with Gasteiger partial charge in [-0.15, -0.1) is 0 Å². The van der Waals surface area contributed by atoms with Crippen LogP contribution in [0.3, 0.4) is 0 Å². The first-order valence-corrected chi connectivity index (χ1v) is 3.70. The molecule has 0 bridgehead atoms. The lowest BCUT2D eigenvalue weighted by Gasteiger charge is -2.14. The van der Waals surface area contributed by atoms with E-state index >= 15 is 0 Å². The second kappa shape index (κ2) is 4.96. The van der Waals surface area contributed by atoms with Crippen molar-refractivity contribution in [3.63, 3.8) is 0 Å². The van der Waals surface area contributed by atoms with E-state index in [9.17, 15) is 4.79 Å². The zero-order valence-corrected chi connectivity index (χ0v) is 6.95. The van der Waals surface area contributed by atoms with Gasteiger partial charge in [0.25, 0.3) is 0 Å². The molecule has 0 saturated carbocycles. The van der Waals surface area contributed by atoms with Crippen molar-refractivity contribution >= 4 is 6.09 Å². The van der Waals surface area contributed by atoms with Crippen molar-refractivity contribution < 1.29 is 15.0 Å². The Morgan fingerprint density at radius 3 is 2.55 bits per heavy atom. The third kappa shape index (κ3) is 4.61. The summed E-state index contributed by atoms with van der Waals surface area (Å²) in [6.07, 6.45) is -0.141. The minimum atomic E-state index is -0.951. The molecular formula is C7H15NO3. The van der Waals surface area contributed by atoms with E-state index in [1.165, 1.54) is 11.9 Å². The average molecular weight is 161 g/mol. The summed E-state index contributed by atoms with van der Waals surface area (Å²) in [5.74, 6) is 0. The first kappa shape index (κ1) is 10.2. The first-order valence-electron chi connectivity index (χ1n) is 3.70. The first-order chi connectivity index (χ1) is 5.07. The topological polar surface area (TPSA) is 60.8 Å². The Kier molecular flexibility index (Phi) is 4.61. The van der Waals surface area contributed by atoms with E-state index in [-0.39, 0.29) is 6.10 Å². The predicted molar refractivity (Wildman–Crippen MR) is 41.6 cm³/mol. The van der Waals surface area contributed by atoms with Crippen LogP contribution in [-0.2, 0) is 0 Å². The fourth-order valence-electron chi connectivity index (χ4n) is 0.642. The molecule has 1 unspecified atom stereocenters. The van der Waals surface area contributed by atoms with Crippen molar-refractivity contribution in [3.8, 4) is 0 Å². The summed E-state index contributed by atoms with van der Waals surface area (Å²) in [5.41, 5.74) is 0. The van der Waals surface area contributed by atoms with Gasteiger partial charge in [0, 0.05) is 13.6 Å². The third-order valence-electron chi connectivity index (χ3n) is 1.60. The molecule has 0 radical (unpaired) electrons. The molecule has 0 aliphatic carbocycles. The number of carboxylic acid groups (broad SMARTS) is 1. The number of rotatable bonds is 4. The van der Waals surface area contributed by atoms with E-state index in [1.807, 2.05) is 6.92 Å². The number of aliphatic hydroxyl groups is 1. The molecule has 4 heteroatoms. The molecule has 0 aromatic rings. The SMILES string of the molecule is CCC(O)CCN(C)C(=O)O. The Hall–Kier alpha value is -0.770. The molecule has 1 atom stereocenters. The predicted octanol–water partition coefficient (Wildman–Crippen LogP) is 0.757. The Bertz CT molecular complexity index is 127. The third-order valence-corrected chi connectivity index (χ3v) is 1.60. The minimum absolute atomic E-state index is 0.378. The van der Waals surface area contributed by atoms with Crippen LogP contribution in [0.5, 0.6) is 0 Å². The minimum Gasteiger partial charge on any atom is -0.465 e. The molecule has 0 fully saturated rings. The maximum Gasteiger partial charge on any atom is 0.407 e. The maximum atomic E-state index is 10.2. The highest BCUT2D eigenvalue weighted by Gasteiger charge is 2.07. The second-order valence-electron chi connectivity index (χ2n) is 2.55. The Morgan fingerprint density at radius 2 is 2.18 bits per heavy atom. The van der Waals surface area contributed by atoms with Crippen molar-refractivity contribution in [1.82, 2.24) is 4.90 Å². The summed E-state index contributed by atoms with van der Waals surface area (Å²) in [6.45, 7) is 2.26. The van der Waals surface area contributed by atoms with Crippen LogP contribution in [-0.4, -0.2) is 40.9 Å². The van der Waals surface area contributed by atoms with E-state index < -0.39 is 6.09 Å². The highest BCUT2D eigenvalue weighted by molar-refractivity contribution is 5.64. The molecule has 1 amide bonds. The number of carbonyl (C=O) groups is 1. The Balaban J connectivity index is 3.45. The number of nitrogens with zero attached hydrogens (tertiary/aromatic N) is 1. The van der Waals surface area contributed by atoms with Crippen LogP contribution in [0.1, 0.15) is 19.8 Å². The lowest BCUT2D eigenvalue weighted by atomic mass is 10.2. The molecular weight excluding hydrogens is 146 g/mol. The molecule has 4 nitrogen and oxygen atoms in total. The fourth-order valence-corrected chi connectivity index (χ4v) is 0.642. The summed E-state index contributed by atoms with van der Waals surface area (Å²) in [4.78, 5) is 11.4. The Labute approximate surface area is 66.4 Å². The summed E-state index contributed by atoms with van der Waals surface area (Å²) >= 11 is 0. The van der Waals surface area contributed by atoms with Gasteiger partial charge in [0.15, 0.2) is 0 Å². The molecule has 0 spiro atoms. The molecule has 0 rings (SSSR count). The second-order valence-corrected chi connectivity index (χ2v) is 2.55. The number of aliphatic hydroxyl groups excluding tert-OH is 1. The lowest BCUT2D eigenvalue weighted by Crippen LogP contribution is -2.28. The van der Waals surface area contributed by atoms with Crippen LogP contribution in [0.15, 0.2) is 0 Å². The van der Waals surface area contributed by atoms with Crippen molar-refractivity contribution in [1.29, 1.82) is 0 Å². The van der Waals surface area contributed by atoms with E-state index in [2.05, 4.69) is 0 Å². The normalized spacial score (nSPS) is 12.6. The van der Waals surface area contributed by atoms with Gasteiger partial charge in [-0.1, -0.05) is 6.92 Å². The number of hydrogen-bond acceptors (Lipinski definition) is 2. The van der Waals surface area contributed by atoms with Gasteiger partial charge in [-0.3, -0.25) is 0 Å². The lowest BCUT2D eigenvalue weighted by molar-refractivity contribution is 0.128. The van der Waals surface area contributed by atoms with E-state index in [0.717, 1.165) is 0 Å². The maximum absolute atomic E-state index is 10.2. The van der Waals surface area contributed by atoms with Crippen molar-refractivity contribution in [2.75, 3.05) is 13.6 Å². The van der Waals surface area contributed by atoms with E-state index in [4.69, 9.17) is 10.2 Å². The molecule has 0 aliphatic heterocycles. The zero-order chi connectivity index (χ0) is 8.85. The van der Waals surface area contributed by atoms with Crippen molar-refractivity contribution in [3.05, 3.63) is 0 Å². The molecule has 66 valence electrons. The van der Waals surface area contributed by atoms with Gasteiger partial charge >= 0.3 is 6.09 Å². The molecule has 2 N–H and O–H groups in total. The average Bonchev–Trinajstić information content (AvgIpc) is 1.99. The molecule has 0 saturated heterocycles. The van der Waals surface area contributed by atoms with E-state index in [0.29, 0.717) is 19.4 Å². The van der Waals surface area contributed by atoms with Gasteiger partial charge < -0.3 is 15.1 Å². The summed E-state index contributed by atoms with van der Waals surface area (Å²) in [7, 11) is 1.49. The van der Waals surface area contributed by atoms with Gasteiger partial charge in [0.1, 0.15) is 0 Å². The van der Waals surface area contributed by atoms with Gasteiger partial charge in [0.05, 0.1) is 6.10 Å². The molecule has 0 aromatic heterocycles. The Morgan fingerprint density at radius 1 is 1.64 bits per heavy atom. The highest BCUT2D eigenvalue weighted by Crippen LogP contribution is 1.97. The van der Waals surface area contributed by atoms with Gasteiger partial charge in [-0.25, -0.2) is 4.79 Å². The van der Waals surface area contributed by atoms with Crippen molar-refractivity contribution in [2.24, 2.45) is 0 Å². The van der Waals surface area contributed by atoms with Crippen LogP contribution >= 0.6 is 0 Å². The number of hydrogen-bond donors (Lipinski definition) is 2.